The van der Waals surface area contributed by atoms with Crippen LogP contribution in [0.1, 0.15) is 26.3 Å². The fourth-order valence-electron chi connectivity index (χ4n) is 1.87. The van der Waals surface area contributed by atoms with Crippen LogP contribution in [0.3, 0.4) is 0 Å². The third kappa shape index (κ3) is 2.67. The second-order valence-corrected chi connectivity index (χ2v) is 5.03. The Morgan fingerprint density at radius 3 is 2.22 bits per heavy atom. The summed E-state index contributed by atoms with van der Waals surface area (Å²) in [6.07, 6.45) is 3.50. The van der Waals surface area contributed by atoms with Crippen LogP contribution in [0.25, 0.3) is 0 Å². The summed E-state index contributed by atoms with van der Waals surface area (Å²) in [7, 11) is 0. The molecule has 0 radical (unpaired) electrons. The molecule has 1 aromatic carbocycles. The van der Waals surface area contributed by atoms with Crippen molar-refractivity contribution >= 4 is 5.95 Å². The fraction of sp³-hybridized carbons (Fsp3) is 0.333. The summed E-state index contributed by atoms with van der Waals surface area (Å²) in [4.78, 5) is 8.41. The van der Waals surface area contributed by atoms with Gasteiger partial charge in [0, 0.05) is 23.9 Å². The summed E-state index contributed by atoms with van der Waals surface area (Å²) in [5, 5.41) is 3.36. The largest absolute Gasteiger partial charge is 0.351 e. The van der Waals surface area contributed by atoms with Crippen LogP contribution in [0.4, 0.5) is 5.95 Å². The van der Waals surface area contributed by atoms with Gasteiger partial charge in [0.2, 0.25) is 5.95 Å². The molecule has 3 heteroatoms. The summed E-state index contributed by atoms with van der Waals surface area (Å²) < 4.78 is 0. The van der Waals surface area contributed by atoms with Gasteiger partial charge in [-0.3, -0.25) is 0 Å². The Kier molecular flexibility index (Phi) is 3.60. The second-order valence-electron chi connectivity index (χ2n) is 5.03. The lowest BCUT2D eigenvalue weighted by Crippen LogP contribution is -2.37. The molecule has 0 spiro atoms. The van der Waals surface area contributed by atoms with E-state index in [1.54, 1.807) is 12.4 Å². The summed E-state index contributed by atoms with van der Waals surface area (Å²) in [6, 6.07) is 12.6. The highest BCUT2D eigenvalue weighted by Crippen LogP contribution is 2.28. The SMILES string of the molecule is CC(Nc1ncccn1)C(C)(C)c1ccccc1. The van der Waals surface area contributed by atoms with Crippen LogP contribution in [-0.2, 0) is 5.41 Å². The van der Waals surface area contributed by atoms with Crippen LogP contribution in [0.15, 0.2) is 48.8 Å². The number of hydrogen-bond acceptors (Lipinski definition) is 3. The van der Waals surface area contributed by atoms with Gasteiger partial charge in [0.15, 0.2) is 0 Å². The van der Waals surface area contributed by atoms with Crippen LogP contribution >= 0.6 is 0 Å². The molecule has 0 amide bonds. The first kappa shape index (κ1) is 12.6. The number of nitrogens with zero attached hydrogens (tertiary/aromatic N) is 2. The van der Waals surface area contributed by atoms with Gasteiger partial charge in [-0.1, -0.05) is 44.2 Å². The number of anilines is 1. The Morgan fingerprint density at radius 1 is 1.00 bits per heavy atom. The van der Waals surface area contributed by atoms with Crippen LogP contribution < -0.4 is 5.32 Å². The van der Waals surface area contributed by atoms with E-state index in [0.29, 0.717) is 5.95 Å². The molecule has 0 aliphatic heterocycles. The molecule has 1 atom stereocenters. The first-order valence-electron chi connectivity index (χ1n) is 6.20. The molecule has 0 fully saturated rings. The van der Waals surface area contributed by atoms with Crippen molar-refractivity contribution in [1.29, 1.82) is 0 Å². The molecule has 1 unspecified atom stereocenters. The van der Waals surface area contributed by atoms with Crippen molar-refractivity contribution in [3.8, 4) is 0 Å². The van der Waals surface area contributed by atoms with Gasteiger partial charge in [0.25, 0.3) is 0 Å². The van der Waals surface area contributed by atoms with Gasteiger partial charge in [-0.25, -0.2) is 9.97 Å². The summed E-state index contributed by atoms with van der Waals surface area (Å²) >= 11 is 0. The van der Waals surface area contributed by atoms with Gasteiger partial charge in [-0.15, -0.1) is 0 Å². The molecule has 0 aliphatic carbocycles. The topological polar surface area (TPSA) is 37.8 Å². The zero-order chi connectivity index (χ0) is 13.0. The van der Waals surface area contributed by atoms with Crippen LogP contribution in [0.5, 0.6) is 0 Å². The fourth-order valence-corrected chi connectivity index (χ4v) is 1.87. The van der Waals surface area contributed by atoms with Crippen molar-refractivity contribution in [3.63, 3.8) is 0 Å². The van der Waals surface area contributed by atoms with E-state index in [-0.39, 0.29) is 11.5 Å². The van der Waals surface area contributed by atoms with E-state index in [0.717, 1.165) is 0 Å². The Balaban J connectivity index is 2.15. The monoisotopic (exact) mass is 241 g/mol. The van der Waals surface area contributed by atoms with Crippen molar-refractivity contribution in [1.82, 2.24) is 9.97 Å². The molecule has 2 rings (SSSR count). The first-order chi connectivity index (χ1) is 8.60. The second kappa shape index (κ2) is 5.17. The summed E-state index contributed by atoms with van der Waals surface area (Å²) in [5.41, 5.74) is 1.32. The van der Waals surface area contributed by atoms with E-state index in [4.69, 9.17) is 0 Å². The number of hydrogen-bond donors (Lipinski definition) is 1. The van der Waals surface area contributed by atoms with E-state index in [2.05, 4.69) is 60.3 Å². The third-order valence-electron chi connectivity index (χ3n) is 3.51. The summed E-state index contributed by atoms with van der Waals surface area (Å²) in [5.74, 6) is 0.675. The lowest BCUT2D eigenvalue weighted by molar-refractivity contribution is 0.456. The zero-order valence-electron chi connectivity index (χ0n) is 11.1. The maximum absolute atomic E-state index is 4.20. The smallest absolute Gasteiger partial charge is 0.222 e. The van der Waals surface area contributed by atoms with Crippen LogP contribution in [0, 0.1) is 0 Å². The molecule has 1 N–H and O–H groups in total. The number of benzene rings is 1. The average molecular weight is 241 g/mol. The van der Waals surface area contributed by atoms with Crippen molar-refractivity contribution in [2.75, 3.05) is 5.32 Å². The number of aromatic nitrogens is 2. The minimum atomic E-state index is 0.0143. The molecule has 2 aromatic rings. The normalized spacial score (nSPS) is 13.1. The van der Waals surface area contributed by atoms with Crippen molar-refractivity contribution in [2.24, 2.45) is 0 Å². The van der Waals surface area contributed by atoms with Crippen molar-refractivity contribution in [2.45, 2.75) is 32.2 Å². The number of rotatable bonds is 4. The van der Waals surface area contributed by atoms with Gasteiger partial charge < -0.3 is 5.32 Å². The van der Waals surface area contributed by atoms with Crippen LogP contribution in [0.2, 0.25) is 0 Å². The predicted molar refractivity (Wildman–Crippen MR) is 74.6 cm³/mol. The molecule has 3 nitrogen and oxygen atoms in total. The average Bonchev–Trinajstić information content (AvgIpc) is 2.41. The Bertz CT molecular complexity index is 480. The molecule has 18 heavy (non-hydrogen) atoms. The number of nitrogens with one attached hydrogen (secondary N) is 1. The highest BCUT2D eigenvalue weighted by atomic mass is 15.1. The molecule has 0 bridgehead atoms. The minimum absolute atomic E-state index is 0.0143. The minimum Gasteiger partial charge on any atom is -0.351 e. The quantitative estimate of drug-likeness (QED) is 0.892. The molecular weight excluding hydrogens is 222 g/mol. The third-order valence-corrected chi connectivity index (χ3v) is 3.51. The van der Waals surface area contributed by atoms with Gasteiger partial charge in [-0.2, -0.15) is 0 Å². The van der Waals surface area contributed by atoms with Gasteiger partial charge in [0.1, 0.15) is 0 Å². The first-order valence-corrected chi connectivity index (χ1v) is 6.20. The van der Waals surface area contributed by atoms with Crippen LogP contribution in [-0.4, -0.2) is 16.0 Å². The Labute approximate surface area is 108 Å². The summed E-state index contributed by atoms with van der Waals surface area (Å²) in [6.45, 7) is 6.61. The van der Waals surface area contributed by atoms with E-state index < -0.39 is 0 Å². The molecule has 94 valence electrons. The molecule has 0 aliphatic rings. The van der Waals surface area contributed by atoms with Gasteiger partial charge in [-0.05, 0) is 18.6 Å². The Hall–Kier alpha value is -1.90. The standard InChI is InChI=1S/C15H19N3/c1-12(18-14-16-10-7-11-17-14)15(2,3)13-8-5-4-6-9-13/h4-12H,1-3H3,(H,16,17,18). The maximum Gasteiger partial charge on any atom is 0.222 e. The van der Waals surface area contributed by atoms with E-state index in [1.165, 1.54) is 5.56 Å². The van der Waals surface area contributed by atoms with Crippen molar-refractivity contribution in [3.05, 3.63) is 54.4 Å². The van der Waals surface area contributed by atoms with Crippen molar-refractivity contribution < 1.29 is 0 Å². The van der Waals surface area contributed by atoms with E-state index in [1.807, 2.05) is 12.1 Å². The Morgan fingerprint density at radius 2 is 1.61 bits per heavy atom. The molecular formula is C15H19N3. The predicted octanol–water partition coefficient (Wildman–Crippen LogP) is 3.25. The maximum atomic E-state index is 4.20. The van der Waals surface area contributed by atoms with Gasteiger partial charge in [0.05, 0.1) is 0 Å². The highest BCUT2D eigenvalue weighted by molar-refractivity contribution is 5.32. The molecule has 1 heterocycles. The van der Waals surface area contributed by atoms with E-state index in [9.17, 15) is 0 Å². The zero-order valence-corrected chi connectivity index (χ0v) is 11.1. The lowest BCUT2D eigenvalue weighted by atomic mass is 9.78. The lowest BCUT2D eigenvalue weighted by Gasteiger charge is -2.33. The highest BCUT2D eigenvalue weighted by Gasteiger charge is 2.28. The molecule has 0 saturated carbocycles. The van der Waals surface area contributed by atoms with Gasteiger partial charge >= 0.3 is 0 Å². The van der Waals surface area contributed by atoms with E-state index >= 15 is 0 Å². The molecule has 1 aromatic heterocycles. The molecule has 0 saturated heterocycles.